The van der Waals surface area contributed by atoms with Gasteiger partial charge in [0.25, 0.3) is 0 Å². The molecule has 0 radical (unpaired) electrons. The first kappa shape index (κ1) is 16.5. The van der Waals surface area contributed by atoms with Gasteiger partial charge in [-0.25, -0.2) is 9.59 Å². The fourth-order valence-corrected chi connectivity index (χ4v) is 2.21. The summed E-state index contributed by atoms with van der Waals surface area (Å²) >= 11 is 0. The first-order chi connectivity index (χ1) is 11.0. The van der Waals surface area contributed by atoms with Gasteiger partial charge in [-0.1, -0.05) is 26.0 Å². The Labute approximate surface area is 134 Å². The Kier molecular flexibility index (Phi) is 5.01. The Morgan fingerprint density at radius 2 is 1.22 bits per heavy atom. The Hall–Kier alpha value is -2.82. The first-order valence-corrected chi connectivity index (χ1v) is 7.36. The van der Waals surface area contributed by atoms with Crippen LogP contribution in [0.3, 0.4) is 0 Å². The molecule has 0 aliphatic carbocycles. The molecule has 0 aromatic heterocycles. The van der Waals surface area contributed by atoms with Crippen molar-refractivity contribution in [1.29, 1.82) is 0 Å². The fourth-order valence-electron chi connectivity index (χ4n) is 2.21. The van der Waals surface area contributed by atoms with Crippen molar-refractivity contribution >= 4 is 11.9 Å². The number of aryl methyl sites for hydroxylation is 2. The first-order valence-electron chi connectivity index (χ1n) is 7.36. The van der Waals surface area contributed by atoms with E-state index in [1.54, 1.807) is 24.3 Å². The molecule has 120 valence electrons. The Morgan fingerprint density at radius 3 is 1.52 bits per heavy atom. The molecule has 0 aliphatic heterocycles. The number of ether oxygens (including phenoxy) is 1. The van der Waals surface area contributed by atoms with Gasteiger partial charge in [0.1, 0.15) is 22.6 Å². The third-order valence-corrected chi connectivity index (χ3v) is 3.59. The molecule has 5 nitrogen and oxygen atoms in total. The van der Waals surface area contributed by atoms with Gasteiger partial charge in [0.05, 0.1) is 0 Å². The summed E-state index contributed by atoms with van der Waals surface area (Å²) in [5, 5.41) is 18.6. The minimum Gasteiger partial charge on any atom is -0.478 e. The summed E-state index contributed by atoms with van der Waals surface area (Å²) in [6, 6.07) is 9.65. The molecule has 0 saturated carbocycles. The summed E-state index contributed by atoms with van der Waals surface area (Å²) < 4.78 is 5.69. The third-order valence-electron chi connectivity index (χ3n) is 3.59. The van der Waals surface area contributed by atoms with Gasteiger partial charge in [-0.2, -0.15) is 0 Å². The quantitative estimate of drug-likeness (QED) is 0.842. The average molecular weight is 314 g/mol. The van der Waals surface area contributed by atoms with Crippen molar-refractivity contribution < 1.29 is 24.5 Å². The van der Waals surface area contributed by atoms with Crippen LogP contribution in [0.5, 0.6) is 11.5 Å². The SMILES string of the molecule is CCc1ccc(C(=O)O)c(Oc2cc(CC)ccc2C(=O)O)c1. The van der Waals surface area contributed by atoms with Crippen LogP contribution in [0.1, 0.15) is 45.7 Å². The van der Waals surface area contributed by atoms with Crippen molar-refractivity contribution in [1.82, 2.24) is 0 Å². The molecule has 23 heavy (non-hydrogen) atoms. The molecule has 0 saturated heterocycles. The number of carbonyl (C=O) groups is 2. The lowest BCUT2D eigenvalue weighted by molar-refractivity contribution is 0.0687. The summed E-state index contributed by atoms with van der Waals surface area (Å²) in [6.07, 6.45) is 1.44. The van der Waals surface area contributed by atoms with Gasteiger partial charge in [-0.3, -0.25) is 0 Å². The van der Waals surface area contributed by atoms with Crippen LogP contribution in [0.2, 0.25) is 0 Å². The molecular weight excluding hydrogens is 296 g/mol. The van der Waals surface area contributed by atoms with Crippen LogP contribution in [-0.2, 0) is 12.8 Å². The average Bonchev–Trinajstić information content (AvgIpc) is 2.54. The summed E-state index contributed by atoms with van der Waals surface area (Å²) in [7, 11) is 0. The summed E-state index contributed by atoms with van der Waals surface area (Å²) in [5.74, 6) is -1.95. The monoisotopic (exact) mass is 314 g/mol. The molecule has 0 unspecified atom stereocenters. The number of hydrogen-bond acceptors (Lipinski definition) is 3. The van der Waals surface area contributed by atoms with Gasteiger partial charge in [-0.05, 0) is 48.2 Å². The number of carboxylic acids is 2. The van der Waals surface area contributed by atoms with Crippen molar-refractivity contribution in [2.45, 2.75) is 26.7 Å². The van der Waals surface area contributed by atoms with Crippen LogP contribution >= 0.6 is 0 Å². The molecule has 2 N–H and O–H groups in total. The molecule has 2 aromatic carbocycles. The van der Waals surface area contributed by atoms with E-state index in [-0.39, 0.29) is 22.6 Å². The zero-order valence-electron chi connectivity index (χ0n) is 13.0. The highest BCUT2D eigenvalue weighted by atomic mass is 16.5. The van der Waals surface area contributed by atoms with E-state index in [4.69, 9.17) is 4.74 Å². The lowest BCUT2D eigenvalue weighted by atomic mass is 10.1. The molecule has 0 spiro atoms. The van der Waals surface area contributed by atoms with Crippen molar-refractivity contribution in [2.24, 2.45) is 0 Å². The minimum atomic E-state index is -1.12. The lowest BCUT2D eigenvalue weighted by Gasteiger charge is -2.13. The smallest absolute Gasteiger partial charge is 0.339 e. The van der Waals surface area contributed by atoms with Crippen molar-refractivity contribution in [2.75, 3.05) is 0 Å². The van der Waals surface area contributed by atoms with Crippen molar-refractivity contribution in [3.05, 3.63) is 58.7 Å². The van der Waals surface area contributed by atoms with E-state index < -0.39 is 11.9 Å². The van der Waals surface area contributed by atoms with Gasteiger partial charge in [0, 0.05) is 0 Å². The molecular formula is C18H18O5. The van der Waals surface area contributed by atoms with Crippen LogP contribution in [0.25, 0.3) is 0 Å². The summed E-state index contributed by atoms with van der Waals surface area (Å²) in [6.45, 7) is 3.89. The predicted molar refractivity (Wildman–Crippen MR) is 85.6 cm³/mol. The molecule has 0 heterocycles. The maximum Gasteiger partial charge on any atom is 0.339 e. The van der Waals surface area contributed by atoms with E-state index in [9.17, 15) is 19.8 Å². The second-order valence-corrected chi connectivity index (χ2v) is 5.08. The number of rotatable bonds is 6. The van der Waals surface area contributed by atoms with E-state index in [1.807, 2.05) is 13.8 Å². The zero-order valence-corrected chi connectivity index (χ0v) is 13.0. The minimum absolute atomic E-state index is 0.000408. The third kappa shape index (κ3) is 3.69. The van der Waals surface area contributed by atoms with Crippen LogP contribution in [0.15, 0.2) is 36.4 Å². The molecule has 5 heteroatoms. The number of aromatic carboxylic acids is 2. The van der Waals surface area contributed by atoms with Crippen molar-refractivity contribution in [3.8, 4) is 11.5 Å². The molecule has 2 aromatic rings. The Morgan fingerprint density at radius 1 is 0.826 bits per heavy atom. The van der Waals surface area contributed by atoms with Crippen molar-refractivity contribution in [3.63, 3.8) is 0 Å². The Balaban J connectivity index is 2.53. The number of benzene rings is 2. The van der Waals surface area contributed by atoms with Gasteiger partial charge in [0.2, 0.25) is 0 Å². The summed E-state index contributed by atoms with van der Waals surface area (Å²) in [4.78, 5) is 22.7. The zero-order chi connectivity index (χ0) is 17.0. The topological polar surface area (TPSA) is 83.8 Å². The van der Waals surface area contributed by atoms with E-state index in [0.717, 1.165) is 24.0 Å². The summed E-state index contributed by atoms with van der Waals surface area (Å²) in [5.41, 5.74) is 1.82. The molecule has 2 rings (SSSR count). The van der Waals surface area contributed by atoms with E-state index in [2.05, 4.69) is 0 Å². The molecule has 0 fully saturated rings. The van der Waals surface area contributed by atoms with Gasteiger partial charge in [0.15, 0.2) is 0 Å². The van der Waals surface area contributed by atoms with Crippen LogP contribution in [0.4, 0.5) is 0 Å². The molecule has 0 atom stereocenters. The maximum absolute atomic E-state index is 11.4. The Bertz CT molecular complexity index is 686. The van der Waals surface area contributed by atoms with E-state index in [1.165, 1.54) is 12.1 Å². The molecule has 0 bridgehead atoms. The number of hydrogen-bond donors (Lipinski definition) is 2. The lowest BCUT2D eigenvalue weighted by Crippen LogP contribution is -2.04. The van der Waals surface area contributed by atoms with Crippen LogP contribution < -0.4 is 4.74 Å². The highest BCUT2D eigenvalue weighted by molar-refractivity contribution is 5.93. The molecule has 0 aliphatic rings. The van der Waals surface area contributed by atoms with Gasteiger partial charge < -0.3 is 14.9 Å². The van der Waals surface area contributed by atoms with Crippen LogP contribution in [0, 0.1) is 0 Å². The largest absolute Gasteiger partial charge is 0.478 e. The normalized spacial score (nSPS) is 10.3. The maximum atomic E-state index is 11.4. The standard InChI is InChI=1S/C18H18O5/c1-3-11-5-7-13(17(19)20)15(9-11)23-16-10-12(4-2)6-8-14(16)18(21)22/h5-10H,3-4H2,1-2H3,(H,19,20)(H,21,22). The van der Waals surface area contributed by atoms with E-state index >= 15 is 0 Å². The predicted octanol–water partition coefficient (Wildman–Crippen LogP) is 4.00. The highest BCUT2D eigenvalue weighted by Gasteiger charge is 2.17. The van der Waals surface area contributed by atoms with Gasteiger partial charge in [-0.15, -0.1) is 0 Å². The van der Waals surface area contributed by atoms with Gasteiger partial charge >= 0.3 is 11.9 Å². The van der Waals surface area contributed by atoms with E-state index in [0.29, 0.717) is 0 Å². The highest BCUT2D eigenvalue weighted by Crippen LogP contribution is 2.30. The second kappa shape index (κ2) is 6.96. The molecule has 0 amide bonds. The number of carboxylic acid groups (broad SMARTS) is 2. The second-order valence-electron chi connectivity index (χ2n) is 5.08. The van der Waals surface area contributed by atoms with Crippen LogP contribution in [-0.4, -0.2) is 22.2 Å². The fraction of sp³-hybridized carbons (Fsp3) is 0.222.